The Kier molecular flexibility index (Phi) is 6.22. The summed E-state index contributed by atoms with van der Waals surface area (Å²) in [6.45, 7) is 1.49. The van der Waals surface area contributed by atoms with Gasteiger partial charge in [0, 0.05) is 23.2 Å². The van der Waals surface area contributed by atoms with Crippen molar-refractivity contribution in [3.63, 3.8) is 0 Å². The van der Waals surface area contributed by atoms with Crippen molar-refractivity contribution in [1.29, 1.82) is 0 Å². The second-order valence-electron chi connectivity index (χ2n) is 8.13. The number of carbonyl (C=O) groups is 1. The van der Waals surface area contributed by atoms with Gasteiger partial charge in [0.05, 0.1) is 23.3 Å². The molecule has 1 saturated carbocycles. The number of nitrogens with one attached hydrogen (secondary N) is 2. The Bertz CT molecular complexity index is 1150. The van der Waals surface area contributed by atoms with E-state index in [9.17, 15) is 13.6 Å². The molecule has 2 aromatic heterocycles. The van der Waals surface area contributed by atoms with Crippen molar-refractivity contribution in [3.8, 4) is 0 Å². The zero-order chi connectivity index (χ0) is 22.8. The summed E-state index contributed by atoms with van der Waals surface area (Å²) >= 11 is 0. The van der Waals surface area contributed by atoms with Crippen LogP contribution in [0.1, 0.15) is 41.7 Å². The van der Waals surface area contributed by atoms with Crippen LogP contribution in [-0.4, -0.2) is 39.4 Å². The second-order valence-corrected chi connectivity index (χ2v) is 8.13. The van der Waals surface area contributed by atoms with Crippen LogP contribution in [0.15, 0.2) is 24.3 Å². The highest BCUT2D eigenvalue weighted by molar-refractivity contribution is 5.99. The van der Waals surface area contributed by atoms with Gasteiger partial charge in [-0.3, -0.25) is 9.48 Å². The van der Waals surface area contributed by atoms with Crippen molar-refractivity contribution < 1.29 is 13.6 Å². The number of benzene rings is 1. The summed E-state index contributed by atoms with van der Waals surface area (Å²) in [5.74, 6) is -1.31. The molecule has 1 unspecified atom stereocenters. The number of nitrogens with zero attached hydrogens (tertiary/aromatic N) is 3. The second kappa shape index (κ2) is 9.07. The van der Waals surface area contributed by atoms with E-state index >= 15 is 0 Å². The first-order valence-corrected chi connectivity index (χ1v) is 10.7. The Morgan fingerprint density at radius 1 is 1.25 bits per heavy atom. The largest absolute Gasteiger partial charge is 0.365 e. The van der Waals surface area contributed by atoms with E-state index in [4.69, 9.17) is 11.5 Å². The zero-order valence-electron chi connectivity index (χ0n) is 17.9. The van der Waals surface area contributed by atoms with Crippen LogP contribution in [0.2, 0.25) is 0 Å². The number of nitrogens with two attached hydrogens (primary N) is 2. The molecule has 170 valence electrons. The maximum Gasteiger partial charge on any atom is 0.252 e. The fourth-order valence-corrected chi connectivity index (χ4v) is 4.19. The Morgan fingerprint density at radius 2 is 2.03 bits per heavy atom. The number of halogens is 2. The van der Waals surface area contributed by atoms with Gasteiger partial charge in [-0.1, -0.05) is 12.8 Å². The maximum absolute atomic E-state index is 14.7. The Morgan fingerprint density at radius 3 is 2.75 bits per heavy atom. The SMILES string of the molecule is Cc1nn(CCF)c2ccc(Nc3nc(NC4CCCC[C@@H]4N)c(F)cc3C(N)=O)cc12. The van der Waals surface area contributed by atoms with Gasteiger partial charge < -0.3 is 22.1 Å². The molecule has 2 atom stereocenters. The third kappa shape index (κ3) is 4.36. The molecule has 0 saturated heterocycles. The molecule has 8 nitrogen and oxygen atoms in total. The van der Waals surface area contributed by atoms with Crippen LogP contribution in [-0.2, 0) is 6.54 Å². The number of hydrogen-bond donors (Lipinski definition) is 4. The van der Waals surface area contributed by atoms with Crippen LogP contribution in [0.5, 0.6) is 0 Å². The van der Waals surface area contributed by atoms with Crippen LogP contribution in [0.4, 0.5) is 26.1 Å². The zero-order valence-corrected chi connectivity index (χ0v) is 17.9. The van der Waals surface area contributed by atoms with Crippen molar-refractivity contribution >= 4 is 34.1 Å². The van der Waals surface area contributed by atoms with Gasteiger partial charge in [0.25, 0.3) is 5.91 Å². The number of hydrogen-bond acceptors (Lipinski definition) is 6. The number of alkyl halides is 1. The molecule has 0 bridgehead atoms. The van der Waals surface area contributed by atoms with Crippen LogP contribution in [0.3, 0.4) is 0 Å². The predicted octanol–water partition coefficient (Wildman–Crippen LogP) is 3.37. The number of aromatic nitrogens is 3. The number of amides is 1. The van der Waals surface area contributed by atoms with E-state index in [0.717, 1.165) is 48.3 Å². The number of aryl methyl sites for hydroxylation is 2. The van der Waals surface area contributed by atoms with E-state index in [1.54, 1.807) is 16.8 Å². The standard InChI is InChI=1S/C22H27F2N7O/c1-12-14-10-13(6-7-19(14)31(30-12)9-8-23)27-21-15(20(26)32)11-16(24)22(29-21)28-18-5-3-2-4-17(18)25/h6-7,10-11,17-18H,2-5,8-9,25H2,1H3,(H2,26,32)(H2,27,28,29)/t17-,18?/m0/s1. The Balaban J connectivity index is 1.67. The molecule has 10 heteroatoms. The number of primary amides is 1. The first-order chi connectivity index (χ1) is 15.4. The topological polar surface area (TPSA) is 124 Å². The van der Waals surface area contributed by atoms with Crippen molar-refractivity contribution in [2.75, 3.05) is 17.3 Å². The fraction of sp³-hybridized carbons (Fsp3) is 0.409. The quantitative estimate of drug-likeness (QED) is 0.444. The number of pyridine rings is 1. The highest BCUT2D eigenvalue weighted by Crippen LogP contribution is 2.29. The molecule has 1 fully saturated rings. The Hall–Kier alpha value is -3.27. The van der Waals surface area contributed by atoms with Crippen LogP contribution < -0.4 is 22.1 Å². The molecular formula is C22H27F2N7O. The van der Waals surface area contributed by atoms with Gasteiger partial charge in [-0.2, -0.15) is 5.10 Å². The summed E-state index contributed by atoms with van der Waals surface area (Å²) in [6, 6.07) is 6.28. The fourth-order valence-electron chi connectivity index (χ4n) is 4.19. The van der Waals surface area contributed by atoms with Crippen LogP contribution in [0.25, 0.3) is 10.9 Å². The molecule has 0 spiro atoms. The average Bonchev–Trinajstić information content (AvgIpc) is 3.07. The lowest BCUT2D eigenvalue weighted by Gasteiger charge is -2.30. The molecule has 1 amide bonds. The predicted molar refractivity (Wildman–Crippen MR) is 120 cm³/mol. The van der Waals surface area contributed by atoms with Gasteiger partial charge in [-0.05, 0) is 44.0 Å². The van der Waals surface area contributed by atoms with E-state index in [0.29, 0.717) is 5.69 Å². The van der Waals surface area contributed by atoms with E-state index in [1.165, 1.54) is 0 Å². The molecule has 4 rings (SSSR count). The van der Waals surface area contributed by atoms with Crippen LogP contribution in [0, 0.1) is 12.7 Å². The van der Waals surface area contributed by atoms with E-state index in [-0.39, 0.29) is 35.8 Å². The summed E-state index contributed by atoms with van der Waals surface area (Å²) < 4.78 is 29.1. The molecule has 1 aromatic carbocycles. The summed E-state index contributed by atoms with van der Waals surface area (Å²) in [7, 11) is 0. The van der Waals surface area contributed by atoms with E-state index in [2.05, 4.69) is 20.7 Å². The molecule has 1 aliphatic rings. The highest BCUT2D eigenvalue weighted by Gasteiger charge is 2.24. The van der Waals surface area contributed by atoms with Gasteiger partial charge in [-0.25, -0.2) is 13.8 Å². The summed E-state index contributed by atoms with van der Waals surface area (Å²) in [5, 5.41) is 11.4. The Labute approximate surface area is 184 Å². The van der Waals surface area contributed by atoms with Crippen molar-refractivity contribution in [2.45, 2.75) is 51.2 Å². The molecule has 6 N–H and O–H groups in total. The highest BCUT2D eigenvalue weighted by atomic mass is 19.1. The maximum atomic E-state index is 14.7. The number of fused-ring (bicyclic) bond motifs is 1. The van der Waals surface area contributed by atoms with Gasteiger partial charge >= 0.3 is 0 Å². The van der Waals surface area contributed by atoms with Gasteiger partial charge in [0.1, 0.15) is 12.5 Å². The van der Waals surface area contributed by atoms with Crippen LogP contribution >= 0.6 is 0 Å². The molecule has 2 heterocycles. The molecule has 1 aliphatic carbocycles. The summed E-state index contributed by atoms with van der Waals surface area (Å²) in [5.41, 5.74) is 13.7. The normalized spacial score (nSPS) is 18.6. The molecule has 0 aliphatic heterocycles. The number of rotatable bonds is 7. The van der Waals surface area contributed by atoms with Crippen molar-refractivity contribution in [2.24, 2.45) is 11.5 Å². The van der Waals surface area contributed by atoms with Gasteiger partial charge in [0.2, 0.25) is 0 Å². The lowest BCUT2D eigenvalue weighted by atomic mass is 9.91. The smallest absolute Gasteiger partial charge is 0.252 e. The molecule has 3 aromatic rings. The van der Waals surface area contributed by atoms with Crippen molar-refractivity contribution in [3.05, 3.63) is 41.3 Å². The lowest BCUT2D eigenvalue weighted by Crippen LogP contribution is -2.43. The third-order valence-electron chi connectivity index (χ3n) is 5.88. The third-order valence-corrected chi connectivity index (χ3v) is 5.88. The van der Waals surface area contributed by atoms with Gasteiger partial charge in [-0.15, -0.1) is 0 Å². The number of carbonyl (C=O) groups excluding carboxylic acids is 1. The van der Waals surface area contributed by atoms with E-state index in [1.807, 2.05) is 13.0 Å². The van der Waals surface area contributed by atoms with Crippen molar-refractivity contribution in [1.82, 2.24) is 14.8 Å². The first-order valence-electron chi connectivity index (χ1n) is 10.7. The number of anilines is 3. The molecular weight excluding hydrogens is 416 g/mol. The van der Waals surface area contributed by atoms with E-state index < -0.39 is 18.4 Å². The molecule has 32 heavy (non-hydrogen) atoms. The van der Waals surface area contributed by atoms with Gasteiger partial charge in [0.15, 0.2) is 11.6 Å². The first kappa shape index (κ1) is 21.9. The monoisotopic (exact) mass is 443 g/mol. The lowest BCUT2D eigenvalue weighted by molar-refractivity contribution is 0.100. The minimum atomic E-state index is -0.798. The minimum absolute atomic E-state index is 0.0212. The molecule has 0 radical (unpaired) electrons. The average molecular weight is 444 g/mol. The summed E-state index contributed by atoms with van der Waals surface area (Å²) in [6.07, 6.45) is 3.74. The minimum Gasteiger partial charge on any atom is -0.365 e. The summed E-state index contributed by atoms with van der Waals surface area (Å²) in [4.78, 5) is 16.3.